The molecule has 1 saturated heterocycles. The summed E-state index contributed by atoms with van der Waals surface area (Å²) >= 11 is 0. The Balaban J connectivity index is 1.57. The Morgan fingerprint density at radius 1 is 1.33 bits per heavy atom. The summed E-state index contributed by atoms with van der Waals surface area (Å²) in [5, 5.41) is 3.64. The molecule has 21 heavy (non-hydrogen) atoms. The second-order valence-electron chi connectivity index (χ2n) is 5.39. The summed E-state index contributed by atoms with van der Waals surface area (Å²) in [6.07, 6.45) is 9.81. The van der Waals surface area contributed by atoms with E-state index in [0.717, 1.165) is 32.1 Å². The first kappa shape index (κ1) is 14.0. The van der Waals surface area contributed by atoms with Crippen molar-refractivity contribution in [3.05, 3.63) is 36.7 Å². The van der Waals surface area contributed by atoms with Crippen molar-refractivity contribution in [2.24, 2.45) is 0 Å². The quantitative estimate of drug-likeness (QED) is 0.901. The van der Waals surface area contributed by atoms with Crippen molar-refractivity contribution >= 4 is 5.95 Å². The maximum absolute atomic E-state index is 4.35. The molecule has 1 N–H and O–H groups in total. The van der Waals surface area contributed by atoms with Gasteiger partial charge in [-0.05, 0) is 25.8 Å². The van der Waals surface area contributed by atoms with Crippen LogP contribution in [0.4, 0.5) is 5.95 Å². The van der Waals surface area contributed by atoms with Gasteiger partial charge in [-0.15, -0.1) is 0 Å². The van der Waals surface area contributed by atoms with E-state index in [9.17, 15) is 0 Å². The van der Waals surface area contributed by atoms with Crippen LogP contribution in [0.5, 0.6) is 0 Å². The molecule has 1 fully saturated rings. The van der Waals surface area contributed by atoms with Crippen LogP contribution in [0.25, 0.3) is 0 Å². The van der Waals surface area contributed by atoms with E-state index in [-0.39, 0.29) is 0 Å². The fraction of sp³-hybridized carbons (Fsp3) is 0.533. The molecule has 0 radical (unpaired) electrons. The Kier molecular flexibility index (Phi) is 4.45. The number of nitrogens with zero attached hydrogens (tertiary/aromatic N) is 5. The molecule has 0 amide bonds. The summed E-state index contributed by atoms with van der Waals surface area (Å²) in [6.45, 7) is 5.97. The van der Waals surface area contributed by atoms with Gasteiger partial charge in [0.15, 0.2) is 0 Å². The van der Waals surface area contributed by atoms with E-state index >= 15 is 0 Å². The zero-order valence-electron chi connectivity index (χ0n) is 12.4. The summed E-state index contributed by atoms with van der Waals surface area (Å²) in [4.78, 5) is 15.2. The third kappa shape index (κ3) is 3.39. The highest BCUT2D eigenvalue weighted by atomic mass is 15.3. The average molecular weight is 286 g/mol. The normalized spacial score (nSPS) is 18.9. The molecule has 2 aromatic heterocycles. The Bertz CT molecular complexity index is 552. The van der Waals surface area contributed by atoms with Crippen molar-refractivity contribution in [2.75, 3.05) is 18.0 Å². The van der Waals surface area contributed by atoms with Crippen molar-refractivity contribution < 1.29 is 0 Å². The molecule has 1 unspecified atom stereocenters. The molecule has 1 atom stereocenters. The van der Waals surface area contributed by atoms with Crippen LogP contribution in [0.2, 0.25) is 0 Å². The molecule has 2 aromatic rings. The van der Waals surface area contributed by atoms with Gasteiger partial charge in [0, 0.05) is 50.8 Å². The summed E-state index contributed by atoms with van der Waals surface area (Å²) < 4.78 is 2.17. The lowest BCUT2D eigenvalue weighted by Crippen LogP contribution is -2.46. The third-order valence-electron chi connectivity index (χ3n) is 3.97. The SMILES string of the molecule is CCn1cncc1CNC1CCCN(c2ncccn2)C1. The van der Waals surface area contributed by atoms with Gasteiger partial charge in [-0.2, -0.15) is 0 Å². The molecule has 1 aliphatic heterocycles. The minimum atomic E-state index is 0.475. The van der Waals surface area contributed by atoms with Gasteiger partial charge >= 0.3 is 0 Å². The van der Waals surface area contributed by atoms with E-state index in [4.69, 9.17) is 0 Å². The van der Waals surface area contributed by atoms with Crippen LogP contribution in [0.15, 0.2) is 31.0 Å². The second-order valence-corrected chi connectivity index (χ2v) is 5.39. The molecule has 112 valence electrons. The molecule has 0 aromatic carbocycles. The largest absolute Gasteiger partial charge is 0.339 e. The van der Waals surface area contributed by atoms with Crippen molar-refractivity contribution in [1.82, 2.24) is 24.8 Å². The number of hydrogen-bond donors (Lipinski definition) is 1. The van der Waals surface area contributed by atoms with Crippen molar-refractivity contribution in [3.63, 3.8) is 0 Å². The Morgan fingerprint density at radius 2 is 2.19 bits per heavy atom. The van der Waals surface area contributed by atoms with Gasteiger partial charge < -0.3 is 14.8 Å². The maximum Gasteiger partial charge on any atom is 0.225 e. The molecule has 1 aliphatic rings. The number of rotatable bonds is 5. The van der Waals surface area contributed by atoms with Crippen LogP contribution in [-0.2, 0) is 13.1 Å². The van der Waals surface area contributed by atoms with Crippen LogP contribution in [0.3, 0.4) is 0 Å². The maximum atomic E-state index is 4.35. The first-order valence-corrected chi connectivity index (χ1v) is 7.61. The topological polar surface area (TPSA) is 58.9 Å². The first-order valence-electron chi connectivity index (χ1n) is 7.61. The minimum absolute atomic E-state index is 0.475. The van der Waals surface area contributed by atoms with E-state index in [1.807, 2.05) is 18.6 Å². The predicted molar refractivity (Wildman–Crippen MR) is 82.0 cm³/mol. The third-order valence-corrected chi connectivity index (χ3v) is 3.97. The molecule has 3 rings (SSSR count). The van der Waals surface area contributed by atoms with Crippen LogP contribution in [-0.4, -0.2) is 38.7 Å². The fourth-order valence-corrected chi connectivity index (χ4v) is 2.81. The molecular formula is C15H22N6. The standard InChI is InChI=1S/C15H22N6/c1-2-20-12-16-9-14(20)10-19-13-5-3-8-21(11-13)15-17-6-4-7-18-15/h4,6-7,9,12-13,19H,2-3,5,8,10-11H2,1H3. The zero-order chi connectivity index (χ0) is 14.5. The van der Waals surface area contributed by atoms with Gasteiger partial charge in [-0.3, -0.25) is 0 Å². The Hall–Kier alpha value is -1.95. The molecule has 0 saturated carbocycles. The number of piperidine rings is 1. The van der Waals surface area contributed by atoms with Crippen LogP contribution >= 0.6 is 0 Å². The lowest BCUT2D eigenvalue weighted by molar-refractivity contribution is 0.413. The van der Waals surface area contributed by atoms with Crippen molar-refractivity contribution in [2.45, 2.75) is 38.9 Å². The minimum Gasteiger partial charge on any atom is -0.339 e. The smallest absolute Gasteiger partial charge is 0.225 e. The van der Waals surface area contributed by atoms with Crippen LogP contribution in [0.1, 0.15) is 25.5 Å². The predicted octanol–water partition coefficient (Wildman–Crippen LogP) is 1.45. The highest BCUT2D eigenvalue weighted by Gasteiger charge is 2.21. The van der Waals surface area contributed by atoms with Crippen molar-refractivity contribution in [1.29, 1.82) is 0 Å². The highest BCUT2D eigenvalue weighted by molar-refractivity contribution is 5.29. The highest BCUT2D eigenvalue weighted by Crippen LogP contribution is 2.15. The van der Waals surface area contributed by atoms with Gasteiger partial charge in [-0.25, -0.2) is 15.0 Å². The number of aryl methyl sites for hydroxylation is 1. The first-order chi connectivity index (χ1) is 10.4. The average Bonchev–Trinajstić information content (AvgIpc) is 3.01. The van der Waals surface area contributed by atoms with Gasteiger partial charge in [0.2, 0.25) is 5.95 Å². The summed E-state index contributed by atoms with van der Waals surface area (Å²) in [5.74, 6) is 0.836. The van der Waals surface area contributed by atoms with E-state index in [1.54, 1.807) is 12.4 Å². The number of anilines is 1. The molecule has 0 bridgehead atoms. The summed E-state index contributed by atoms with van der Waals surface area (Å²) in [7, 11) is 0. The second kappa shape index (κ2) is 6.67. The van der Waals surface area contributed by atoms with Gasteiger partial charge in [-0.1, -0.05) is 0 Å². The van der Waals surface area contributed by atoms with Crippen LogP contribution < -0.4 is 10.2 Å². The number of hydrogen-bond acceptors (Lipinski definition) is 5. The number of imidazole rings is 1. The zero-order valence-corrected chi connectivity index (χ0v) is 12.4. The van der Waals surface area contributed by atoms with E-state index in [0.29, 0.717) is 6.04 Å². The van der Waals surface area contributed by atoms with Gasteiger partial charge in [0.05, 0.1) is 12.0 Å². The molecule has 6 nitrogen and oxygen atoms in total. The fourth-order valence-electron chi connectivity index (χ4n) is 2.81. The molecule has 0 spiro atoms. The van der Waals surface area contributed by atoms with E-state index in [1.165, 1.54) is 18.5 Å². The lowest BCUT2D eigenvalue weighted by atomic mass is 10.1. The van der Waals surface area contributed by atoms with E-state index in [2.05, 4.69) is 36.7 Å². The molecule has 3 heterocycles. The van der Waals surface area contributed by atoms with Gasteiger partial charge in [0.25, 0.3) is 0 Å². The number of nitrogens with one attached hydrogen (secondary N) is 1. The van der Waals surface area contributed by atoms with E-state index < -0.39 is 0 Å². The monoisotopic (exact) mass is 286 g/mol. The number of aromatic nitrogens is 4. The summed E-state index contributed by atoms with van der Waals surface area (Å²) in [5.41, 5.74) is 1.24. The van der Waals surface area contributed by atoms with Gasteiger partial charge in [0.1, 0.15) is 0 Å². The molecular weight excluding hydrogens is 264 g/mol. The molecule has 6 heteroatoms. The Morgan fingerprint density at radius 3 is 3.00 bits per heavy atom. The van der Waals surface area contributed by atoms with Crippen LogP contribution in [0, 0.1) is 0 Å². The summed E-state index contributed by atoms with van der Waals surface area (Å²) in [6, 6.07) is 2.33. The Labute approximate surface area is 125 Å². The van der Waals surface area contributed by atoms with Crippen molar-refractivity contribution in [3.8, 4) is 0 Å². The lowest BCUT2D eigenvalue weighted by Gasteiger charge is -2.33. The molecule has 0 aliphatic carbocycles.